The largest absolute Gasteiger partial charge is 0.497 e. The molecule has 1 aliphatic heterocycles. The summed E-state index contributed by atoms with van der Waals surface area (Å²) in [4.78, 5) is 27.1. The van der Waals surface area contributed by atoms with Crippen molar-refractivity contribution in [2.45, 2.75) is 6.92 Å². The average Bonchev–Trinajstić information content (AvgIpc) is 2.65. The molecule has 0 aromatic heterocycles. The van der Waals surface area contributed by atoms with E-state index in [0.29, 0.717) is 32.8 Å². The van der Waals surface area contributed by atoms with Gasteiger partial charge in [0.2, 0.25) is 5.91 Å². The molecule has 0 N–H and O–H groups in total. The number of rotatable bonds is 5. The highest BCUT2D eigenvalue weighted by Gasteiger charge is 2.23. The molecule has 1 heterocycles. The molecule has 1 aromatic rings. The van der Waals surface area contributed by atoms with Crippen LogP contribution in [0.5, 0.6) is 5.75 Å². The number of carbonyl (C=O) groups is 2. The molecule has 6 nitrogen and oxygen atoms in total. The van der Waals surface area contributed by atoms with E-state index in [2.05, 4.69) is 0 Å². The zero-order chi connectivity index (χ0) is 18.1. The van der Waals surface area contributed by atoms with E-state index in [4.69, 9.17) is 9.47 Å². The van der Waals surface area contributed by atoms with Gasteiger partial charge in [-0.15, -0.1) is 0 Å². The van der Waals surface area contributed by atoms with Crippen molar-refractivity contribution in [1.29, 1.82) is 0 Å². The lowest BCUT2D eigenvalue weighted by molar-refractivity contribution is -0.127. The van der Waals surface area contributed by atoms with Crippen LogP contribution in [0.3, 0.4) is 0 Å². The fraction of sp³-hybridized carbons (Fsp3) is 0.368. The van der Waals surface area contributed by atoms with Crippen LogP contribution in [-0.2, 0) is 9.53 Å². The van der Waals surface area contributed by atoms with Crippen LogP contribution < -0.4 is 4.74 Å². The van der Waals surface area contributed by atoms with Gasteiger partial charge in [-0.1, -0.05) is 30.4 Å². The van der Waals surface area contributed by atoms with Crippen molar-refractivity contribution in [2.24, 2.45) is 0 Å². The molecule has 0 saturated carbocycles. The van der Waals surface area contributed by atoms with Crippen LogP contribution in [0.25, 0.3) is 6.08 Å². The summed E-state index contributed by atoms with van der Waals surface area (Å²) in [6.07, 6.45) is 6.68. The van der Waals surface area contributed by atoms with Gasteiger partial charge in [0.15, 0.2) is 0 Å². The molecule has 1 aliphatic rings. The molecule has 1 fully saturated rings. The van der Waals surface area contributed by atoms with E-state index in [0.717, 1.165) is 11.3 Å². The number of nitrogens with zero attached hydrogens (tertiary/aromatic N) is 2. The summed E-state index contributed by atoms with van der Waals surface area (Å²) >= 11 is 0. The Morgan fingerprint density at radius 1 is 1.12 bits per heavy atom. The molecule has 25 heavy (non-hydrogen) atoms. The van der Waals surface area contributed by atoms with E-state index >= 15 is 0 Å². The Labute approximate surface area is 148 Å². The molecule has 0 atom stereocenters. The molecule has 134 valence electrons. The Hall–Kier alpha value is -2.76. The van der Waals surface area contributed by atoms with Gasteiger partial charge >= 0.3 is 6.09 Å². The molecule has 0 bridgehead atoms. The molecule has 1 aromatic carbocycles. The van der Waals surface area contributed by atoms with Crippen LogP contribution in [0, 0.1) is 0 Å². The Bertz CT molecular complexity index is 647. The Kier molecular flexibility index (Phi) is 7.07. The maximum absolute atomic E-state index is 12.2. The standard InChI is InChI=1S/C19H24N2O4/c1-3-25-19(23)21-13-11-20(12-14-21)18(22)10-5-4-7-16-8-6-9-17(15-16)24-2/h4-10,15H,3,11-14H2,1-2H3/b7-4+,10-5+. The van der Waals surface area contributed by atoms with Gasteiger partial charge in [0.25, 0.3) is 0 Å². The zero-order valence-corrected chi connectivity index (χ0v) is 14.7. The predicted octanol–water partition coefficient (Wildman–Crippen LogP) is 2.57. The van der Waals surface area contributed by atoms with Crippen molar-refractivity contribution < 1.29 is 19.1 Å². The van der Waals surface area contributed by atoms with Crippen molar-refractivity contribution in [3.8, 4) is 5.75 Å². The Balaban J connectivity index is 1.81. The van der Waals surface area contributed by atoms with E-state index in [9.17, 15) is 9.59 Å². The molecule has 0 spiro atoms. The van der Waals surface area contributed by atoms with Gasteiger partial charge in [0.1, 0.15) is 5.75 Å². The van der Waals surface area contributed by atoms with Crippen LogP contribution in [0.15, 0.2) is 42.5 Å². The number of amides is 2. The summed E-state index contributed by atoms with van der Waals surface area (Å²) in [6.45, 7) is 4.17. The number of methoxy groups -OCH3 is 1. The van der Waals surface area contributed by atoms with Gasteiger partial charge in [-0.2, -0.15) is 0 Å². The lowest BCUT2D eigenvalue weighted by Gasteiger charge is -2.33. The first-order valence-corrected chi connectivity index (χ1v) is 8.33. The molecule has 0 aliphatic carbocycles. The van der Waals surface area contributed by atoms with Crippen molar-refractivity contribution >= 4 is 18.1 Å². The average molecular weight is 344 g/mol. The minimum Gasteiger partial charge on any atom is -0.497 e. The molecular formula is C19H24N2O4. The topological polar surface area (TPSA) is 59.1 Å². The summed E-state index contributed by atoms with van der Waals surface area (Å²) < 4.78 is 10.1. The van der Waals surface area contributed by atoms with Gasteiger partial charge < -0.3 is 19.3 Å². The number of benzene rings is 1. The molecule has 6 heteroatoms. The number of piperazine rings is 1. The lowest BCUT2D eigenvalue weighted by atomic mass is 10.2. The summed E-state index contributed by atoms with van der Waals surface area (Å²) in [6, 6.07) is 7.67. The summed E-state index contributed by atoms with van der Waals surface area (Å²) in [7, 11) is 1.63. The third kappa shape index (κ3) is 5.67. The van der Waals surface area contributed by atoms with Gasteiger partial charge in [0, 0.05) is 32.3 Å². The smallest absolute Gasteiger partial charge is 0.409 e. The van der Waals surface area contributed by atoms with E-state index in [-0.39, 0.29) is 12.0 Å². The van der Waals surface area contributed by atoms with Gasteiger partial charge in [-0.25, -0.2) is 4.79 Å². The summed E-state index contributed by atoms with van der Waals surface area (Å²) in [5.74, 6) is 0.737. The second-order valence-electron chi connectivity index (χ2n) is 5.51. The van der Waals surface area contributed by atoms with Crippen LogP contribution >= 0.6 is 0 Å². The highest BCUT2D eigenvalue weighted by molar-refractivity contribution is 5.88. The SMILES string of the molecule is CCOC(=O)N1CCN(C(=O)/C=C/C=C/c2cccc(OC)c2)CC1. The molecule has 0 unspecified atom stereocenters. The van der Waals surface area contributed by atoms with E-state index < -0.39 is 0 Å². The highest BCUT2D eigenvalue weighted by atomic mass is 16.6. The Morgan fingerprint density at radius 2 is 1.84 bits per heavy atom. The van der Waals surface area contributed by atoms with Crippen LogP contribution in [-0.4, -0.2) is 61.7 Å². The maximum atomic E-state index is 12.2. The number of ether oxygens (including phenoxy) is 2. The predicted molar refractivity (Wildman–Crippen MR) is 96.3 cm³/mol. The van der Waals surface area contributed by atoms with Crippen LogP contribution in [0.4, 0.5) is 4.79 Å². The number of hydrogen-bond donors (Lipinski definition) is 0. The summed E-state index contributed by atoms with van der Waals surface area (Å²) in [5.41, 5.74) is 1.000. The van der Waals surface area contributed by atoms with E-state index in [1.54, 1.807) is 29.9 Å². The van der Waals surface area contributed by atoms with Gasteiger partial charge in [-0.3, -0.25) is 4.79 Å². The minimum atomic E-state index is -0.314. The second-order valence-corrected chi connectivity index (χ2v) is 5.51. The Morgan fingerprint density at radius 3 is 2.52 bits per heavy atom. The number of allylic oxidation sites excluding steroid dienone is 2. The highest BCUT2D eigenvalue weighted by Crippen LogP contribution is 2.13. The normalized spacial score (nSPS) is 15.0. The van der Waals surface area contributed by atoms with Crippen LogP contribution in [0.1, 0.15) is 12.5 Å². The first kappa shape index (κ1) is 18.6. The van der Waals surface area contributed by atoms with E-state index in [1.165, 1.54) is 6.08 Å². The second kappa shape index (κ2) is 9.52. The third-order valence-electron chi connectivity index (χ3n) is 3.85. The van der Waals surface area contributed by atoms with Crippen molar-refractivity contribution in [3.05, 3.63) is 48.1 Å². The fourth-order valence-electron chi connectivity index (χ4n) is 2.48. The quantitative estimate of drug-likeness (QED) is 0.608. The number of hydrogen-bond acceptors (Lipinski definition) is 4. The first-order valence-electron chi connectivity index (χ1n) is 8.33. The zero-order valence-electron chi connectivity index (χ0n) is 14.7. The molecule has 1 saturated heterocycles. The van der Waals surface area contributed by atoms with Crippen molar-refractivity contribution in [2.75, 3.05) is 39.9 Å². The number of carbonyl (C=O) groups excluding carboxylic acids is 2. The minimum absolute atomic E-state index is 0.0567. The van der Waals surface area contributed by atoms with Gasteiger partial charge in [-0.05, 0) is 24.6 Å². The van der Waals surface area contributed by atoms with Crippen molar-refractivity contribution in [3.63, 3.8) is 0 Å². The third-order valence-corrected chi connectivity index (χ3v) is 3.85. The molecule has 0 radical (unpaired) electrons. The maximum Gasteiger partial charge on any atom is 0.409 e. The lowest BCUT2D eigenvalue weighted by Crippen LogP contribution is -2.50. The molecule has 2 rings (SSSR count). The van der Waals surface area contributed by atoms with Crippen LogP contribution in [0.2, 0.25) is 0 Å². The molecular weight excluding hydrogens is 320 g/mol. The van der Waals surface area contributed by atoms with Gasteiger partial charge in [0.05, 0.1) is 13.7 Å². The molecule has 2 amide bonds. The fourth-order valence-corrected chi connectivity index (χ4v) is 2.48. The van der Waals surface area contributed by atoms with E-state index in [1.807, 2.05) is 36.4 Å². The monoisotopic (exact) mass is 344 g/mol. The first-order chi connectivity index (χ1) is 12.1. The summed E-state index contributed by atoms with van der Waals surface area (Å²) in [5, 5.41) is 0. The van der Waals surface area contributed by atoms with Crippen molar-refractivity contribution in [1.82, 2.24) is 9.80 Å².